The number of hydrogen-bond donors (Lipinski definition) is 0. The highest BCUT2D eigenvalue weighted by atomic mass is 32.2. The zero-order valence-corrected chi connectivity index (χ0v) is 10.3. The van der Waals surface area contributed by atoms with Crippen molar-refractivity contribution in [1.82, 2.24) is 0 Å². The summed E-state index contributed by atoms with van der Waals surface area (Å²) in [6.45, 7) is 4.29. The van der Waals surface area contributed by atoms with Crippen molar-refractivity contribution in [3.8, 4) is 0 Å². The Labute approximate surface area is 103 Å². The van der Waals surface area contributed by atoms with Gasteiger partial charge in [-0.05, 0) is 19.1 Å². The molecule has 100 valence electrons. The first kappa shape index (κ1) is 14.7. The standard InChI is InChI=1S/C11H11F3O3S/c1-3-6-17-18(15,16)10-5-4-8(2)7-9(10)11(12,13)14/h3-5,7H,1,6H2,2H3. The SMILES string of the molecule is C=CCOS(=O)(=O)c1ccc(C)cc1C(F)(F)F. The number of alkyl halides is 3. The summed E-state index contributed by atoms with van der Waals surface area (Å²) in [6, 6.07) is 2.93. The lowest BCUT2D eigenvalue weighted by Crippen LogP contribution is -2.15. The Balaban J connectivity index is 3.37. The van der Waals surface area contributed by atoms with Gasteiger partial charge in [0.1, 0.15) is 4.90 Å². The fourth-order valence-electron chi connectivity index (χ4n) is 1.28. The number of benzene rings is 1. The van der Waals surface area contributed by atoms with Crippen LogP contribution in [0.25, 0.3) is 0 Å². The summed E-state index contributed by atoms with van der Waals surface area (Å²) in [5, 5.41) is 0. The van der Waals surface area contributed by atoms with E-state index in [-0.39, 0.29) is 6.61 Å². The normalized spacial score (nSPS) is 12.4. The summed E-state index contributed by atoms with van der Waals surface area (Å²) < 4.78 is 65.8. The predicted octanol–water partition coefficient (Wildman–Crippen LogP) is 2.91. The summed E-state index contributed by atoms with van der Waals surface area (Å²) >= 11 is 0. The molecular weight excluding hydrogens is 269 g/mol. The van der Waals surface area contributed by atoms with Crippen LogP contribution in [-0.4, -0.2) is 15.0 Å². The van der Waals surface area contributed by atoms with Gasteiger partial charge in [0.15, 0.2) is 0 Å². The van der Waals surface area contributed by atoms with Crippen LogP contribution in [0.5, 0.6) is 0 Å². The first-order valence-corrected chi connectivity index (χ1v) is 6.27. The summed E-state index contributed by atoms with van der Waals surface area (Å²) in [5.74, 6) is 0. The van der Waals surface area contributed by atoms with E-state index in [1.807, 2.05) is 0 Å². The molecule has 0 aliphatic rings. The highest BCUT2D eigenvalue weighted by Gasteiger charge is 2.37. The van der Waals surface area contributed by atoms with Gasteiger partial charge in [0, 0.05) is 0 Å². The first-order valence-electron chi connectivity index (χ1n) is 4.86. The largest absolute Gasteiger partial charge is 0.417 e. The Morgan fingerprint density at radius 1 is 1.39 bits per heavy atom. The third kappa shape index (κ3) is 3.33. The lowest BCUT2D eigenvalue weighted by Gasteiger charge is -2.13. The van der Waals surface area contributed by atoms with Crippen molar-refractivity contribution >= 4 is 10.1 Å². The van der Waals surface area contributed by atoms with Crippen LogP contribution in [0.15, 0.2) is 35.7 Å². The number of hydrogen-bond acceptors (Lipinski definition) is 3. The van der Waals surface area contributed by atoms with Crippen LogP contribution in [-0.2, 0) is 20.5 Å². The van der Waals surface area contributed by atoms with Gasteiger partial charge in [-0.15, -0.1) is 6.58 Å². The molecule has 0 radical (unpaired) electrons. The van der Waals surface area contributed by atoms with Gasteiger partial charge in [0.2, 0.25) is 0 Å². The minimum atomic E-state index is -4.76. The maximum absolute atomic E-state index is 12.7. The molecule has 0 spiro atoms. The topological polar surface area (TPSA) is 43.4 Å². The zero-order valence-electron chi connectivity index (χ0n) is 9.49. The average molecular weight is 280 g/mol. The fourth-order valence-corrected chi connectivity index (χ4v) is 2.37. The molecule has 0 saturated carbocycles. The molecule has 0 heterocycles. The summed E-state index contributed by atoms with van der Waals surface area (Å²) in [4.78, 5) is -0.887. The van der Waals surface area contributed by atoms with Gasteiger partial charge in [-0.2, -0.15) is 21.6 Å². The Bertz CT molecular complexity index is 547. The third-order valence-electron chi connectivity index (χ3n) is 2.05. The maximum Gasteiger partial charge on any atom is 0.417 e. The summed E-state index contributed by atoms with van der Waals surface area (Å²) in [5.41, 5.74) is -0.920. The molecule has 0 aliphatic carbocycles. The summed E-state index contributed by atoms with van der Waals surface area (Å²) in [6.07, 6.45) is -3.62. The molecule has 0 saturated heterocycles. The molecule has 0 aromatic heterocycles. The monoisotopic (exact) mass is 280 g/mol. The van der Waals surface area contributed by atoms with E-state index in [0.29, 0.717) is 5.56 Å². The van der Waals surface area contributed by atoms with Gasteiger partial charge in [-0.3, -0.25) is 4.18 Å². The van der Waals surface area contributed by atoms with Gasteiger partial charge in [-0.1, -0.05) is 17.7 Å². The Morgan fingerprint density at radius 3 is 2.50 bits per heavy atom. The van der Waals surface area contributed by atoms with E-state index < -0.39 is 26.8 Å². The second-order valence-corrected chi connectivity index (χ2v) is 5.11. The second-order valence-electron chi connectivity index (χ2n) is 3.52. The van der Waals surface area contributed by atoms with Gasteiger partial charge in [-0.25, -0.2) is 0 Å². The molecule has 0 unspecified atom stereocenters. The van der Waals surface area contributed by atoms with E-state index in [1.165, 1.54) is 13.0 Å². The van der Waals surface area contributed by atoms with Crippen molar-refractivity contribution < 1.29 is 25.8 Å². The number of aryl methyl sites for hydroxylation is 1. The molecule has 0 atom stereocenters. The minimum Gasteiger partial charge on any atom is -0.262 e. The molecule has 0 N–H and O–H groups in total. The molecule has 7 heteroatoms. The number of rotatable bonds is 4. The van der Waals surface area contributed by atoms with Crippen LogP contribution >= 0.6 is 0 Å². The van der Waals surface area contributed by atoms with Crippen molar-refractivity contribution in [2.24, 2.45) is 0 Å². The van der Waals surface area contributed by atoms with E-state index in [0.717, 1.165) is 18.2 Å². The van der Waals surface area contributed by atoms with Crippen molar-refractivity contribution in [3.63, 3.8) is 0 Å². The van der Waals surface area contributed by atoms with Gasteiger partial charge in [0.05, 0.1) is 12.2 Å². The second kappa shape index (κ2) is 5.11. The first-order chi connectivity index (χ1) is 8.18. The molecule has 0 amide bonds. The highest BCUT2D eigenvalue weighted by molar-refractivity contribution is 7.86. The average Bonchev–Trinajstić information content (AvgIpc) is 2.25. The molecular formula is C11H11F3O3S. The van der Waals surface area contributed by atoms with Gasteiger partial charge in [0.25, 0.3) is 10.1 Å². The van der Waals surface area contributed by atoms with Gasteiger partial charge < -0.3 is 0 Å². The smallest absolute Gasteiger partial charge is 0.262 e. The number of halogens is 3. The molecule has 3 nitrogen and oxygen atoms in total. The molecule has 1 aromatic rings. The molecule has 0 bridgehead atoms. The van der Waals surface area contributed by atoms with Crippen molar-refractivity contribution in [1.29, 1.82) is 0 Å². The van der Waals surface area contributed by atoms with Crippen LogP contribution in [0.2, 0.25) is 0 Å². The van der Waals surface area contributed by atoms with E-state index in [1.54, 1.807) is 0 Å². The third-order valence-corrected chi connectivity index (χ3v) is 3.39. The van der Waals surface area contributed by atoms with E-state index >= 15 is 0 Å². The minimum absolute atomic E-state index is 0.310. The quantitative estimate of drug-likeness (QED) is 0.629. The lowest BCUT2D eigenvalue weighted by molar-refractivity contribution is -0.140. The molecule has 0 fully saturated rings. The molecule has 1 rings (SSSR count). The van der Waals surface area contributed by atoms with Crippen LogP contribution in [0.1, 0.15) is 11.1 Å². The van der Waals surface area contributed by atoms with E-state index in [4.69, 9.17) is 0 Å². The van der Waals surface area contributed by atoms with Crippen LogP contribution < -0.4 is 0 Å². The van der Waals surface area contributed by atoms with E-state index in [2.05, 4.69) is 10.8 Å². The van der Waals surface area contributed by atoms with E-state index in [9.17, 15) is 21.6 Å². The highest BCUT2D eigenvalue weighted by Crippen LogP contribution is 2.35. The molecule has 0 aliphatic heterocycles. The fraction of sp³-hybridized carbons (Fsp3) is 0.273. The lowest BCUT2D eigenvalue weighted by atomic mass is 10.1. The Kier molecular flexibility index (Phi) is 4.18. The van der Waals surface area contributed by atoms with Crippen LogP contribution in [0.3, 0.4) is 0 Å². The Hall–Kier alpha value is -1.34. The molecule has 18 heavy (non-hydrogen) atoms. The van der Waals surface area contributed by atoms with Crippen molar-refractivity contribution in [3.05, 3.63) is 42.0 Å². The van der Waals surface area contributed by atoms with Crippen LogP contribution in [0, 0.1) is 6.92 Å². The van der Waals surface area contributed by atoms with Crippen molar-refractivity contribution in [2.75, 3.05) is 6.61 Å². The predicted molar refractivity (Wildman–Crippen MR) is 59.5 cm³/mol. The van der Waals surface area contributed by atoms with Crippen LogP contribution in [0.4, 0.5) is 13.2 Å². The summed E-state index contributed by atoms with van der Waals surface area (Å²) in [7, 11) is -4.44. The molecule has 1 aromatic carbocycles. The zero-order chi connectivity index (χ0) is 14.0. The van der Waals surface area contributed by atoms with Gasteiger partial charge >= 0.3 is 6.18 Å². The Morgan fingerprint density at radius 2 is 2.00 bits per heavy atom. The van der Waals surface area contributed by atoms with Crippen molar-refractivity contribution in [2.45, 2.75) is 18.0 Å². The maximum atomic E-state index is 12.7.